The lowest BCUT2D eigenvalue weighted by molar-refractivity contribution is -0.382. The number of nitro groups is 1. The van der Waals surface area contributed by atoms with Gasteiger partial charge in [0, 0.05) is 17.8 Å². The fourth-order valence-corrected chi connectivity index (χ4v) is 1.45. The SMILES string of the molecule is Nc1ncc2cc(Cl)ncc2c1[N+](=O)[O-]. The van der Waals surface area contributed by atoms with Crippen LogP contribution in [0.5, 0.6) is 0 Å². The minimum Gasteiger partial charge on any atom is -0.378 e. The lowest BCUT2D eigenvalue weighted by atomic mass is 10.2. The van der Waals surface area contributed by atoms with Crippen LogP contribution < -0.4 is 5.73 Å². The molecule has 0 saturated heterocycles. The summed E-state index contributed by atoms with van der Waals surface area (Å²) in [6.07, 6.45) is 2.74. The zero-order valence-corrected chi connectivity index (χ0v) is 8.10. The Morgan fingerprint density at radius 3 is 2.80 bits per heavy atom. The molecule has 6 nitrogen and oxygen atoms in total. The summed E-state index contributed by atoms with van der Waals surface area (Å²) in [5, 5.41) is 11.9. The lowest BCUT2D eigenvalue weighted by Gasteiger charge is -2.01. The van der Waals surface area contributed by atoms with Gasteiger partial charge in [-0.2, -0.15) is 0 Å². The first-order chi connectivity index (χ1) is 7.09. The largest absolute Gasteiger partial charge is 0.378 e. The molecule has 2 N–H and O–H groups in total. The van der Waals surface area contributed by atoms with E-state index in [-0.39, 0.29) is 16.7 Å². The summed E-state index contributed by atoms with van der Waals surface area (Å²) >= 11 is 5.65. The van der Waals surface area contributed by atoms with Crippen LogP contribution in [0.1, 0.15) is 0 Å². The number of halogens is 1. The van der Waals surface area contributed by atoms with Gasteiger partial charge in [-0.3, -0.25) is 10.1 Å². The lowest BCUT2D eigenvalue weighted by Crippen LogP contribution is -1.99. The highest BCUT2D eigenvalue weighted by molar-refractivity contribution is 6.30. The zero-order chi connectivity index (χ0) is 11.0. The van der Waals surface area contributed by atoms with Gasteiger partial charge in [0.15, 0.2) is 0 Å². The molecule has 0 saturated carbocycles. The first-order valence-corrected chi connectivity index (χ1v) is 4.31. The highest BCUT2D eigenvalue weighted by Gasteiger charge is 2.18. The molecular weight excluding hydrogens is 220 g/mol. The van der Waals surface area contributed by atoms with E-state index < -0.39 is 4.92 Å². The van der Waals surface area contributed by atoms with E-state index in [1.807, 2.05) is 0 Å². The van der Waals surface area contributed by atoms with Gasteiger partial charge in [0.2, 0.25) is 5.82 Å². The minimum atomic E-state index is -0.583. The smallest absolute Gasteiger partial charge is 0.320 e. The number of pyridine rings is 2. The molecule has 0 bridgehead atoms. The van der Waals surface area contributed by atoms with E-state index in [9.17, 15) is 10.1 Å². The van der Waals surface area contributed by atoms with Gasteiger partial charge in [-0.1, -0.05) is 11.6 Å². The fraction of sp³-hybridized carbons (Fsp3) is 0. The highest BCUT2D eigenvalue weighted by atomic mass is 35.5. The van der Waals surface area contributed by atoms with Crippen molar-refractivity contribution in [3.63, 3.8) is 0 Å². The molecule has 0 fully saturated rings. The van der Waals surface area contributed by atoms with E-state index in [0.717, 1.165) is 0 Å². The van der Waals surface area contributed by atoms with Crippen LogP contribution in [-0.4, -0.2) is 14.9 Å². The van der Waals surface area contributed by atoms with Gasteiger partial charge in [-0.05, 0) is 6.07 Å². The van der Waals surface area contributed by atoms with Gasteiger partial charge in [-0.25, -0.2) is 9.97 Å². The number of rotatable bonds is 1. The Balaban J connectivity index is 2.88. The maximum absolute atomic E-state index is 10.7. The number of fused-ring (bicyclic) bond motifs is 1. The van der Waals surface area contributed by atoms with Crippen molar-refractivity contribution in [1.29, 1.82) is 0 Å². The van der Waals surface area contributed by atoms with Crippen molar-refractivity contribution < 1.29 is 4.92 Å². The number of hydrogen-bond donors (Lipinski definition) is 1. The Kier molecular flexibility index (Phi) is 2.12. The Labute approximate surface area is 88.8 Å². The van der Waals surface area contributed by atoms with Gasteiger partial charge in [0.05, 0.1) is 10.3 Å². The number of nitrogens with two attached hydrogens (primary N) is 1. The average molecular weight is 225 g/mol. The number of nitrogen functional groups attached to an aromatic ring is 1. The standard InChI is InChI=1S/C8H5ClN4O2/c9-6-1-4-2-12-8(10)7(13(14)15)5(4)3-11-6/h1-3H,(H2,10,12). The number of aromatic nitrogens is 2. The monoisotopic (exact) mass is 224 g/mol. The van der Waals surface area contributed by atoms with E-state index in [2.05, 4.69) is 9.97 Å². The first-order valence-electron chi connectivity index (χ1n) is 3.93. The summed E-state index contributed by atoms with van der Waals surface area (Å²) in [5.41, 5.74) is 5.17. The summed E-state index contributed by atoms with van der Waals surface area (Å²) in [7, 11) is 0. The van der Waals surface area contributed by atoms with Crippen LogP contribution in [0.3, 0.4) is 0 Å². The predicted molar refractivity (Wildman–Crippen MR) is 55.6 cm³/mol. The zero-order valence-electron chi connectivity index (χ0n) is 7.35. The van der Waals surface area contributed by atoms with Crippen molar-refractivity contribution in [2.75, 3.05) is 5.73 Å². The first kappa shape index (κ1) is 9.60. The van der Waals surface area contributed by atoms with E-state index in [1.54, 1.807) is 0 Å². The Morgan fingerprint density at radius 1 is 1.40 bits per heavy atom. The van der Waals surface area contributed by atoms with Gasteiger partial charge < -0.3 is 5.73 Å². The second-order valence-electron chi connectivity index (χ2n) is 2.84. The molecule has 0 radical (unpaired) electrons. The third-order valence-corrected chi connectivity index (χ3v) is 2.13. The van der Waals surface area contributed by atoms with Crippen LogP contribution in [0.4, 0.5) is 11.5 Å². The average Bonchev–Trinajstić information content (AvgIpc) is 2.17. The molecule has 76 valence electrons. The second-order valence-corrected chi connectivity index (χ2v) is 3.23. The predicted octanol–water partition coefficient (Wildman–Crippen LogP) is 1.77. The number of hydrogen-bond acceptors (Lipinski definition) is 5. The van der Waals surface area contributed by atoms with Gasteiger partial charge >= 0.3 is 5.69 Å². The molecule has 7 heteroatoms. The highest BCUT2D eigenvalue weighted by Crippen LogP contribution is 2.29. The van der Waals surface area contributed by atoms with Crippen molar-refractivity contribution in [1.82, 2.24) is 9.97 Å². The van der Waals surface area contributed by atoms with Crippen molar-refractivity contribution in [2.45, 2.75) is 0 Å². The summed E-state index contributed by atoms with van der Waals surface area (Å²) in [6, 6.07) is 1.50. The molecule has 0 aliphatic carbocycles. The van der Waals surface area contributed by atoms with Crippen molar-refractivity contribution in [3.05, 3.63) is 33.7 Å². The van der Waals surface area contributed by atoms with Gasteiger partial charge in [0.1, 0.15) is 5.15 Å². The molecule has 0 atom stereocenters. The second kappa shape index (κ2) is 3.32. The van der Waals surface area contributed by atoms with E-state index in [1.165, 1.54) is 18.5 Å². The Hall–Kier alpha value is -1.95. The third kappa shape index (κ3) is 1.55. The summed E-state index contributed by atoms with van der Waals surface area (Å²) in [6.45, 7) is 0. The van der Waals surface area contributed by atoms with Crippen LogP contribution in [0.15, 0.2) is 18.5 Å². The van der Waals surface area contributed by atoms with Crippen LogP contribution in [-0.2, 0) is 0 Å². The summed E-state index contributed by atoms with van der Waals surface area (Å²) < 4.78 is 0. The van der Waals surface area contributed by atoms with Crippen molar-refractivity contribution in [2.24, 2.45) is 0 Å². The molecule has 2 rings (SSSR count). The summed E-state index contributed by atoms with van der Waals surface area (Å²) in [4.78, 5) is 17.7. The number of anilines is 1. The van der Waals surface area contributed by atoms with E-state index >= 15 is 0 Å². The Bertz CT molecular complexity index is 558. The molecule has 0 spiro atoms. The normalized spacial score (nSPS) is 10.5. The fourth-order valence-electron chi connectivity index (χ4n) is 1.28. The topological polar surface area (TPSA) is 94.9 Å². The van der Waals surface area contributed by atoms with Crippen LogP contribution in [0.25, 0.3) is 10.8 Å². The number of nitrogens with zero attached hydrogens (tertiary/aromatic N) is 3. The molecule has 0 aliphatic rings. The molecule has 2 aromatic rings. The molecule has 0 aromatic carbocycles. The maximum atomic E-state index is 10.7. The Morgan fingerprint density at radius 2 is 2.13 bits per heavy atom. The molecular formula is C8H5ClN4O2. The van der Waals surface area contributed by atoms with Gasteiger partial charge in [-0.15, -0.1) is 0 Å². The van der Waals surface area contributed by atoms with Crippen molar-refractivity contribution >= 4 is 33.9 Å². The van der Waals surface area contributed by atoms with Crippen LogP contribution in [0.2, 0.25) is 5.15 Å². The van der Waals surface area contributed by atoms with Crippen LogP contribution >= 0.6 is 11.6 Å². The molecule has 2 aromatic heterocycles. The van der Waals surface area contributed by atoms with Crippen molar-refractivity contribution in [3.8, 4) is 0 Å². The molecule has 0 aliphatic heterocycles. The summed E-state index contributed by atoms with van der Waals surface area (Å²) in [5.74, 6) is -0.128. The third-order valence-electron chi connectivity index (χ3n) is 1.93. The molecule has 15 heavy (non-hydrogen) atoms. The molecule has 2 heterocycles. The molecule has 0 unspecified atom stereocenters. The van der Waals surface area contributed by atoms with Crippen LogP contribution in [0, 0.1) is 10.1 Å². The van der Waals surface area contributed by atoms with E-state index in [4.69, 9.17) is 17.3 Å². The maximum Gasteiger partial charge on any atom is 0.320 e. The minimum absolute atomic E-state index is 0.128. The van der Waals surface area contributed by atoms with Gasteiger partial charge in [0.25, 0.3) is 0 Å². The quantitative estimate of drug-likeness (QED) is 0.453. The van der Waals surface area contributed by atoms with E-state index in [0.29, 0.717) is 10.8 Å². The molecule has 0 amide bonds.